The SMILES string of the molecule is CCCCCCOC(CC(=O)O)c1ccccc1. The Labute approximate surface area is 109 Å². The van der Waals surface area contributed by atoms with Crippen LogP contribution in [0, 0.1) is 0 Å². The van der Waals surface area contributed by atoms with E-state index >= 15 is 0 Å². The molecule has 0 aliphatic heterocycles. The van der Waals surface area contributed by atoms with Gasteiger partial charge in [-0.05, 0) is 12.0 Å². The number of benzene rings is 1. The van der Waals surface area contributed by atoms with E-state index in [9.17, 15) is 4.79 Å². The molecule has 0 spiro atoms. The second-order valence-electron chi connectivity index (χ2n) is 4.43. The second-order valence-corrected chi connectivity index (χ2v) is 4.43. The summed E-state index contributed by atoms with van der Waals surface area (Å²) >= 11 is 0. The summed E-state index contributed by atoms with van der Waals surface area (Å²) in [5, 5.41) is 8.91. The number of rotatable bonds is 9. The van der Waals surface area contributed by atoms with Gasteiger partial charge >= 0.3 is 5.97 Å². The monoisotopic (exact) mass is 250 g/mol. The van der Waals surface area contributed by atoms with Crippen molar-refractivity contribution >= 4 is 5.97 Å². The number of carbonyl (C=O) groups is 1. The highest BCUT2D eigenvalue weighted by molar-refractivity contribution is 5.67. The Bertz CT molecular complexity index is 335. The summed E-state index contributed by atoms with van der Waals surface area (Å²) in [5.41, 5.74) is 0.940. The van der Waals surface area contributed by atoms with E-state index in [2.05, 4.69) is 6.92 Å². The van der Waals surface area contributed by atoms with Crippen LogP contribution in [0.25, 0.3) is 0 Å². The van der Waals surface area contributed by atoms with Crippen molar-refractivity contribution in [1.29, 1.82) is 0 Å². The average Bonchev–Trinajstić information content (AvgIpc) is 2.38. The Morgan fingerprint density at radius 1 is 1.22 bits per heavy atom. The first-order valence-corrected chi connectivity index (χ1v) is 6.62. The Morgan fingerprint density at radius 2 is 1.94 bits per heavy atom. The molecule has 1 aromatic carbocycles. The van der Waals surface area contributed by atoms with Crippen molar-refractivity contribution in [1.82, 2.24) is 0 Å². The van der Waals surface area contributed by atoms with Crippen LogP contribution in [0.3, 0.4) is 0 Å². The molecule has 1 aromatic rings. The zero-order valence-electron chi connectivity index (χ0n) is 11.0. The van der Waals surface area contributed by atoms with Gasteiger partial charge in [-0.1, -0.05) is 56.5 Å². The lowest BCUT2D eigenvalue weighted by Crippen LogP contribution is -2.11. The molecule has 0 radical (unpaired) electrons. The molecular formula is C15H22O3. The van der Waals surface area contributed by atoms with Crippen molar-refractivity contribution in [2.45, 2.75) is 45.1 Å². The molecule has 0 saturated carbocycles. The molecule has 3 nitrogen and oxygen atoms in total. The Hall–Kier alpha value is -1.35. The third-order valence-corrected chi connectivity index (χ3v) is 2.85. The number of carboxylic acids is 1. The third-order valence-electron chi connectivity index (χ3n) is 2.85. The molecule has 1 rings (SSSR count). The molecule has 1 N–H and O–H groups in total. The van der Waals surface area contributed by atoms with Gasteiger partial charge in [0.1, 0.15) is 0 Å². The largest absolute Gasteiger partial charge is 0.481 e. The average molecular weight is 250 g/mol. The fraction of sp³-hybridized carbons (Fsp3) is 0.533. The maximum atomic E-state index is 10.8. The number of ether oxygens (including phenoxy) is 1. The highest BCUT2D eigenvalue weighted by Crippen LogP contribution is 2.21. The zero-order chi connectivity index (χ0) is 13.2. The zero-order valence-corrected chi connectivity index (χ0v) is 11.0. The molecule has 1 unspecified atom stereocenters. The molecule has 18 heavy (non-hydrogen) atoms. The number of unbranched alkanes of at least 4 members (excludes halogenated alkanes) is 3. The number of aliphatic carboxylic acids is 1. The maximum absolute atomic E-state index is 10.8. The first-order chi connectivity index (χ1) is 8.74. The Morgan fingerprint density at radius 3 is 2.56 bits per heavy atom. The van der Waals surface area contributed by atoms with Gasteiger partial charge in [0.25, 0.3) is 0 Å². The lowest BCUT2D eigenvalue weighted by Gasteiger charge is -2.16. The van der Waals surface area contributed by atoms with E-state index < -0.39 is 5.97 Å². The van der Waals surface area contributed by atoms with Gasteiger partial charge in [-0.3, -0.25) is 4.79 Å². The molecular weight excluding hydrogens is 228 g/mol. The van der Waals surface area contributed by atoms with Crippen LogP contribution in [0.2, 0.25) is 0 Å². The van der Waals surface area contributed by atoms with E-state index in [1.54, 1.807) is 0 Å². The fourth-order valence-corrected chi connectivity index (χ4v) is 1.85. The highest BCUT2D eigenvalue weighted by Gasteiger charge is 2.15. The van der Waals surface area contributed by atoms with Crippen molar-refractivity contribution in [2.24, 2.45) is 0 Å². The predicted molar refractivity (Wildman–Crippen MR) is 71.5 cm³/mol. The molecule has 100 valence electrons. The van der Waals surface area contributed by atoms with Crippen molar-refractivity contribution in [3.63, 3.8) is 0 Å². The van der Waals surface area contributed by atoms with Gasteiger partial charge in [0, 0.05) is 6.61 Å². The van der Waals surface area contributed by atoms with Crippen molar-refractivity contribution in [3.8, 4) is 0 Å². The lowest BCUT2D eigenvalue weighted by molar-refractivity contribution is -0.140. The molecule has 0 aliphatic carbocycles. The van der Waals surface area contributed by atoms with Crippen LogP contribution in [0.5, 0.6) is 0 Å². The van der Waals surface area contributed by atoms with Crippen LogP contribution in [-0.4, -0.2) is 17.7 Å². The normalized spacial score (nSPS) is 12.3. The minimum absolute atomic E-state index is 0.0256. The van der Waals surface area contributed by atoms with Gasteiger partial charge in [0.2, 0.25) is 0 Å². The van der Waals surface area contributed by atoms with Crippen LogP contribution in [0.1, 0.15) is 50.7 Å². The van der Waals surface area contributed by atoms with E-state index in [0.29, 0.717) is 6.61 Å². The van der Waals surface area contributed by atoms with Gasteiger partial charge in [-0.2, -0.15) is 0 Å². The Balaban J connectivity index is 2.44. The second kappa shape index (κ2) is 8.70. The quantitative estimate of drug-likeness (QED) is 0.678. The van der Waals surface area contributed by atoms with Crippen molar-refractivity contribution < 1.29 is 14.6 Å². The van der Waals surface area contributed by atoms with E-state index in [4.69, 9.17) is 9.84 Å². The third kappa shape index (κ3) is 5.82. The summed E-state index contributed by atoms with van der Waals surface area (Å²) in [5.74, 6) is -0.822. The van der Waals surface area contributed by atoms with E-state index in [-0.39, 0.29) is 12.5 Å². The topological polar surface area (TPSA) is 46.5 Å². The summed E-state index contributed by atoms with van der Waals surface area (Å²) in [4.78, 5) is 10.8. The molecule has 1 atom stereocenters. The maximum Gasteiger partial charge on any atom is 0.306 e. The van der Waals surface area contributed by atoms with E-state index in [1.165, 1.54) is 12.8 Å². The summed E-state index contributed by atoms with van der Waals surface area (Å²) in [6.07, 6.45) is 4.24. The lowest BCUT2D eigenvalue weighted by atomic mass is 10.1. The first kappa shape index (κ1) is 14.7. The number of hydrogen-bond acceptors (Lipinski definition) is 2. The summed E-state index contributed by atoms with van der Waals surface area (Å²) < 4.78 is 5.70. The van der Waals surface area contributed by atoms with Crippen LogP contribution >= 0.6 is 0 Å². The molecule has 3 heteroatoms. The van der Waals surface area contributed by atoms with Gasteiger partial charge in [0.15, 0.2) is 0 Å². The van der Waals surface area contributed by atoms with E-state index in [1.807, 2.05) is 30.3 Å². The minimum atomic E-state index is -0.822. The van der Waals surface area contributed by atoms with Crippen molar-refractivity contribution in [2.75, 3.05) is 6.61 Å². The smallest absolute Gasteiger partial charge is 0.306 e. The first-order valence-electron chi connectivity index (χ1n) is 6.62. The standard InChI is InChI=1S/C15H22O3/c1-2-3-4-8-11-18-14(12-15(16)17)13-9-6-5-7-10-13/h5-7,9-10,14H,2-4,8,11-12H2,1H3,(H,16,17). The number of hydrogen-bond donors (Lipinski definition) is 1. The molecule has 0 heterocycles. The molecule has 0 bridgehead atoms. The predicted octanol–water partition coefficient (Wildman–Crippen LogP) is 3.80. The van der Waals surface area contributed by atoms with Gasteiger partial charge in [0.05, 0.1) is 12.5 Å². The van der Waals surface area contributed by atoms with Crippen LogP contribution in [0.15, 0.2) is 30.3 Å². The fourth-order valence-electron chi connectivity index (χ4n) is 1.85. The highest BCUT2D eigenvalue weighted by atomic mass is 16.5. The summed E-state index contributed by atoms with van der Waals surface area (Å²) in [7, 11) is 0. The summed E-state index contributed by atoms with van der Waals surface area (Å²) in [6.45, 7) is 2.80. The van der Waals surface area contributed by atoms with E-state index in [0.717, 1.165) is 18.4 Å². The minimum Gasteiger partial charge on any atom is -0.481 e. The molecule has 0 saturated heterocycles. The molecule has 0 fully saturated rings. The van der Waals surface area contributed by atoms with Crippen LogP contribution in [-0.2, 0) is 9.53 Å². The van der Waals surface area contributed by atoms with Crippen molar-refractivity contribution in [3.05, 3.63) is 35.9 Å². The van der Waals surface area contributed by atoms with Gasteiger partial charge in [-0.25, -0.2) is 0 Å². The Kier molecular flexibility index (Phi) is 7.11. The molecule has 0 amide bonds. The number of carboxylic acid groups (broad SMARTS) is 1. The summed E-state index contributed by atoms with van der Waals surface area (Å²) in [6, 6.07) is 9.57. The molecule has 0 aliphatic rings. The van der Waals surface area contributed by atoms with Crippen LogP contribution in [0.4, 0.5) is 0 Å². The molecule has 0 aromatic heterocycles. The van der Waals surface area contributed by atoms with Gasteiger partial charge < -0.3 is 9.84 Å². The van der Waals surface area contributed by atoms with Gasteiger partial charge in [-0.15, -0.1) is 0 Å². The van der Waals surface area contributed by atoms with Crippen LogP contribution < -0.4 is 0 Å².